The number of nitrogens with two attached hydrogens (primary N) is 1. The van der Waals surface area contributed by atoms with E-state index in [1.165, 1.54) is 6.21 Å². The van der Waals surface area contributed by atoms with E-state index in [-0.39, 0.29) is 11.9 Å². The SMILES string of the molecule is Cc1c(C=N)nc(N)n2nc([C@H]3C[C@H](c4ccc(C(C)(C)O)cn4)C3)nc12. The first kappa shape index (κ1) is 17.5. The van der Waals surface area contributed by atoms with Crippen LogP contribution >= 0.6 is 0 Å². The van der Waals surface area contributed by atoms with E-state index < -0.39 is 5.60 Å². The molecule has 3 aromatic rings. The molecule has 0 bridgehead atoms. The smallest absolute Gasteiger partial charge is 0.223 e. The van der Waals surface area contributed by atoms with Gasteiger partial charge in [-0.1, -0.05) is 6.07 Å². The third kappa shape index (κ3) is 2.95. The Morgan fingerprint density at radius 3 is 2.59 bits per heavy atom. The molecule has 4 rings (SSSR count). The summed E-state index contributed by atoms with van der Waals surface area (Å²) in [5.41, 5.74) is 8.90. The van der Waals surface area contributed by atoms with Gasteiger partial charge >= 0.3 is 0 Å². The number of anilines is 1. The molecule has 0 saturated heterocycles. The average molecular weight is 365 g/mol. The van der Waals surface area contributed by atoms with Gasteiger partial charge in [-0.15, -0.1) is 5.10 Å². The van der Waals surface area contributed by atoms with Crippen LogP contribution in [0.3, 0.4) is 0 Å². The molecule has 4 N–H and O–H groups in total. The number of nitrogens with one attached hydrogen (secondary N) is 1. The number of aryl methyl sites for hydroxylation is 1. The minimum Gasteiger partial charge on any atom is -0.386 e. The van der Waals surface area contributed by atoms with Crippen LogP contribution in [0, 0.1) is 12.3 Å². The number of nitrogens with zero attached hydrogens (tertiary/aromatic N) is 5. The lowest BCUT2D eigenvalue weighted by Crippen LogP contribution is -2.23. The van der Waals surface area contributed by atoms with E-state index in [9.17, 15) is 5.11 Å². The molecule has 1 saturated carbocycles. The summed E-state index contributed by atoms with van der Waals surface area (Å²) in [4.78, 5) is 13.4. The molecule has 0 aliphatic heterocycles. The third-order valence-corrected chi connectivity index (χ3v) is 5.35. The molecule has 1 fully saturated rings. The van der Waals surface area contributed by atoms with Gasteiger partial charge in [-0.2, -0.15) is 4.52 Å². The molecule has 0 spiro atoms. The van der Waals surface area contributed by atoms with Crippen LogP contribution in [0.5, 0.6) is 0 Å². The fourth-order valence-electron chi connectivity index (χ4n) is 3.49. The summed E-state index contributed by atoms with van der Waals surface area (Å²) in [5, 5.41) is 22.0. The standard InChI is InChI=1S/C19H23N7O/c1-10-15(8-20)23-18(21)26-17(10)24-16(25-26)12-6-11(7-12)14-5-4-13(9-22-14)19(2,3)27/h4-5,8-9,11-12,20,27H,6-7H2,1-3H3,(H2,21,23)/t11-,12-. The Kier molecular flexibility index (Phi) is 3.96. The summed E-state index contributed by atoms with van der Waals surface area (Å²) < 4.78 is 1.56. The van der Waals surface area contributed by atoms with Crippen molar-refractivity contribution in [2.45, 2.75) is 51.0 Å². The van der Waals surface area contributed by atoms with Crippen LogP contribution in [0.15, 0.2) is 18.3 Å². The molecular weight excluding hydrogens is 342 g/mol. The Morgan fingerprint density at radius 2 is 2.00 bits per heavy atom. The number of hydrogen-bond donors (Lipinski definition) is 3. The van der Waals surface area contributed by atoms with Crippen molar-refractivity contribution < 1.29 is 5.11 Å². The quantitative estimate of drug-likeness (QED) is 0.609. The molecule has 3 heterocycles. The van der Waals surface area contributed by atoms with E-state index in [0.29, 0.717) is 17.3 Å². The van der Waals surface area contributed by atoms with Gasteiger partial charge in [0.25, 0.3) is 0 Å². The van der Waals surface area contributed by atoms with Crippen molar-refractivity contribution in [3.05, 3.63) is 46.7 Å². The summed E-state index contributed by atoms with van der Waals surface area (Å²) in [6.07, 6.45) is 4.79. The number of rotatable bonds is 4. The zero-order valence-corrected chi connectivity index (χ0v) is 15.6. The summed E-state index contributed by atoms with van der Waals surface area (Å²) in [6.45, 7) is 5.38. The lowest BCUT2D eigenvalue weighted by molar-refractivity contribution is 0.0781. The summed E-state index contributed by atoms with van der Waals surface area (Å²) in [7, 11) is 0. The molecule has 1 aliphatic carbocycles. The molecule has 27 heavy (non-hydrogen) atoms. The van der Waals surface area contributed by atoms with Crippen molar-refractivity contribution >= 4 is 17.8 Å². The second kappa shape index (κ2) is 6.09. The van der Waals surface area contributed by atoms with Crippen LogP contribution in [-0.4, -0.2) is 35.9 Å². The Bertz CT molecular complexity index is 1010. The first-order chi connectivity index (χ1) is 12.8. The topological polar surface area (TPSA) is 126 Å². The number of aliphatic hydroxyl groups is 1. The van der Waals surface area contributed by atoms with Gasteiger partial charge in [0.05, 0.1) is 11.3 Å². The van der Waals surface area contributed by atoms with Gasteiger partial charge in [0.1, 0.15) is 0 Å². The van der Waals surface area contributed by atoms with Gasteiger partial charge in [-0.25, -0.2) is 9.97 Å². The van der Waals surface area contributed by atoms with Crippen molar-refractivity contribution in [2.24, 2.45) is 0 Å². The van der Waals surface area contributed by atoms with Crippen molar-refractivity contribution in [3.63, 3.8) is 0 Å². The van der Waals surface area contributed by atoms with E-state index in [2.05, 4.69) is 20.1 Å². The molecule has 1 aliphatic rings. The van der Waals surface area contributed by atoms with Crippen molar-refractivity contribution in [3.8, 4) is 0 Å². The first-order valence-corrected chi connectivity index (χ1v) is 9.00. The Hall–Kier alpha value is -2.87. The van der Waals surface area contributed by atoms with Crippen molar-refractivity contribution in [2.75, 3.05) is 5.73 Å². The fraction of sp³-hybridized carbons (Fsp3) is 0.421. The highest BCUT2D eigenvalue weighted by Crippen LogP contribution is 2.46. The van der Waals surface area contributed by atoms with Gasteiger partial charge in [0.2, 0.25) is 5.95 Å². The van der Waals surface area contributed by atoms with E-state index in [4.69, 9.17) is 11.1 Å². The predicted octanol–water partition coefficient (Wildman–Crippen LogP) is 2.30. The molecule has 8 nitrogen and oxygen atoms in total. The fourth-order valence-corrected chi connectivity index (χ4v) is 3.49. The van der Waals surface area contributed by atoms with Crippen molar-refractivity contribution in [1.29, 1.82) is 5.41 Å². The van der Waals surface area contributed by atoms with E-state index in [0.717, 1.165) is 35.5 Å². The predicted molar refractivity (Wildman–Crippen MR) is 102 cm³/mol. The number of nitrogen functional groups attached to an aromatic ring is 1. The number of fused-ring (bicyclic) bond motifs is 1. The first-order valence-electron chi connectivity index (χ1n) is 9.00. The largest absolute Gasteiger partial charge is 0.386 e. The van der Waals surface area contributed by atoms with Gasteiger partial charge in [-0.3, -0.25) is 4.98 Å². The summed E-state index contributed by atoms with van der Waals surface area (Å²) >= 11 is 0. The van der Waals surface area contributed by atoms with Crippen LogP contribution in [0.1, 0.15) is 66.9 Å². The maximum atomic E-state index is 10.0. The van der Waals surface area contributed by atoms with E-state index in [1.807, 2.05) is 19.1 Å². The summed E-state index contributed by atoms with van der Waals surface area (Å²) in [6, 6.07) is 3.93. The van der Waals surface area contributed by atoms with Gasteiger partial charge in [0, 0.05) is 41.1 Å². The highest BCUT2D eigenvalue weighted by molar-refractivity contribution is 5.80. The Morgan fingerprint density at radius 1 is 1.26 bits per heavy atom. The highest BCUT2D eigenvalue weighted by atomic mass is 16.3. The third-order valence-electron chi connectivity index (χ3n) is 5.35. The van der Waals surface area contributed by atoms with Gasteiger partial charge < -0.3 is 16.2 Å². The molecule has 0 aromatic carbocycles. The van der Waals surface area contributed by atoms with E-state index in [1.54, 1.807) is 24.6 Å². The number of hydrogen-bond acceptors (Lipinski definition) is 7. The second-order valence-corrected chi connectivity index (χ2v) is 7.73. The molecule has 0 atom stereocenters. The number of aromatic nitrogens is 5. The lowest BCUT2D eigenvalue weighted by Gasteiger charge is -2.33. The molecule has 140 valence electrons. The van der Waals surface area contributed by atoms with Gasteiger partial charge in [-0.05, 0) is 39.7 Å². The zero-order chi connectivity index (χ0) is 19.3. The monoisotopic (exact) mass is 365 g/mol. The number of pyridine rings is 1. The molecule has 8 heteroatoms. The zero-order valence-electron chi connectivity index (χ0n) is 15.6. The van der Waals surface area contributed by atoms with E-state index >= 15 is 0 Å². The minimum atomic E-state index is -0.880. The van der Waals surface area contributed by atoms with Crippen LogP contribution in [0.2, 0.25) is 0 Å². The molecule has 0 amide bonds. The summed E-state index contributed by atoms with van der Waals surface area (Å²) in [5.74, 6) is 1.63. The highest BCUT2D eigenvalue weighted by Gasteiger charge is 2.35. The molecule has 3 aromatic heterocycles. The maximum Gasteiger partial charge on any atom is 0.223 e. The second-order valence-electron chi connectivity index (χ2n) is 7.73. The Labute approximate surface area is 157 Å². The van der Waals surface area contributed by atoms with Gasteiger partial charge in [0.15, 0.2) is 11.5 Å². The van der Waals surface area contributed by atoms with Crippen LogP contribution in [0.25, 0.3) is 5.65 Å². The Balaban J connectivity index is 1.53. The van der Waals surface area contributed by atoms with Crippen LogP contribution in [-0.2, 0) is 5.60 Å². The lowest BCUT2D eigenvalue weighted by atomic mass is 9.72. The molecule has 0 radical (unpaired) electrons. The normalized spacial score (nSPS) is 19.9. The molecule has 0 unspecified atom stereocenters. The van der Waals surface area contributed by atoms with Crippen LogP contribution in [0.4, 0.5) is 5.95 Å². The van der Waals surface area contributed by atoms with Crippen LogP contribution < -0.4 is 5.73 Å². The molecular formula is C19H23N7O. The maximum absolute atomic E-state index is 10.0. The minimum absolute atomic E-state index is 0.243. The average Bonchev–Trinajstić information content (AvgIpc) is 3.02. The van der Waals surface area contributed by atoms with Crippen molar-refractivity contribution in [1.82, 2.24) is 24.6 Å².